The molecular weight excluding hydrogens is 247 g/mol. The van der Waals surface area contributed by atoms with E-state index in [4.69, 9.17) is 11.6 Å². The summed E-state index contributed by atoms with van der Waals surface area (Å²) in [6, 6.07) is 6.28. The molecule has 1 aromatic carbocycles. The highest BCUT2D eigenvalue weighted by Crippen LogP contribution is 2.24. The fraction of sp³-hybridized carbons (Fsp3) is 0.0833. The Morgan fingerprint density at radius 2 is 2.12 bits per heavy atom. The molecular formula is C12H8ClFOS. The summed E-state index contributed by atoms with van der Waals surface area (Å²) in [5, 5.41) is 1.78. The number of halogens is 2. The lowest BCUT2D eigenvalue weighted by molar-refractivity contribution is 0.103. The molecule has 2 aromatic rings. The van der Waals surface area contributed by atoms with Crippen LogP contribution in [0, 0.1) is 12.7 Å². The first-order chi connectivity index (χ1) is 7.61. The minimum Gasteiger partial charge on any atom is -0.288 e. The lowest BCUT2D eigenvalue weighted by Crippen LogP contribution is -2.03. The van der Waals surface area contributed by atoms with E-state index in [2.05, 4.69) is 0 Å². The van der Waals surface area contributed by atoms with Gasteiger partial charge in [-0.1, -0.05) is 17.7 Å². The van der Waals surface area contributed by atoms with Crippen molar-refractivity contribution >= 4 is 28.7 Å². The quantitative estimate of drug-likeness (QED) is 0.738. The fourth-order valence-electron chi connectivity index (χ4n) is 1.41. The molecule has 16 heavy (non-hydrogen) atoms. The zero-order valence-corrected chi connectivity index (χ0v) is 10.0. The summed E-state index contributed by atoms with van der Waals surface area (Å²) >= 11 is 6.94. The largest absolute Gasteiger partial charge is 0.288 e. The third-order valence-corrected chi connectivity index (χ3v) is 3.57. The average molecular weight is 255 g/mol. The molecule has 0 aliphatic carbocycles. The van der Waals surface area contributed by atoms with Gasteiger partial charge in [-0.15, -0.1) is 11.3 Å². The molecule has 1 nitrogen and oxygen atoms in total. The van der Waals surface area contributed by atoms with Crippen LogP contribution in [0.15, 0.2) is 29.6 Å². The first-order valence-corrected chi connectivity index (χ1v) is 5.90. The number of ketones is 1. The van der Waals surface area contributed by atoms with E-state index in [1.54, 1.807) is 6.07 Å². The first kappa shape index (κ1) is 11.3. The lowest BCUT2D eigenvalue weighted by Gasteiger charge is -2.02. The maximum Gasteiger partial charge on any atom is 0.206 e. The van der Waals surface area contributed by atoms with E-state index in [0.29, 0.717) is 4.88 Å². The maximum absolute atomic E-state index is 13.6. The van der Waals surface area contributed by atoms with Crippen LogP contribution in [0.3, 0.4) is 0 Å². The van der Waals surface area contributed by atoms with Gasteiger partial charge < -0.3 is 0 Å². The molecule has 0 amide bonds. The van der Waals surface area contributed by atoms with Crippen molar-refractivity contribution in [3.05, 3.63) is 56.5 Å². The number of hydrogen-bond acceptors (Lipinski definition) is 2. The fourth-order valence-corrected chi connectivity index (χ4v) is 2.46. The Bertz CT molecular complexity index is 548. The molecule has 0 aliphatic heterocycles. The van der Waals surface area contributed by atoms with Crippen molar-refractivity contribution in [3.8, 4) is 0 Å². The summed E-state index contributed by atoms with van der Waals surface area (Å²) < 4.78 is 13.6. The molecule has 0 fully saturated rings. The molecule has 0 saturated heterocycles. The van der Waals surface area contributed by atoms with Gasteiger partial charge in [-0.25, -0.2) is 4.39 Å². The third kappa shape index (κ3) is 1.88. The van der Waals surface area contributed by atoms with E-state index in [1.807, 2.05) is 18.4 Å². The number of hydrogen-bond donors (Lipinski definition) is 0. The van der Waals surface area contributed by atoms with Crippen LogP contribution in [0.2, 0.25) is 5.02 Å². The molecule has 2 rings (SSSR count). The van der Waals surface area contributed by atoms with Gasteiger partial charge in [0.25, 0.3) is 0 Å². The van der Waals surface area contributed by atoms with Crippen molar-refractivity contribution in [2.24, 2.45) is 0 Å². The van der Waals surface area contributed by atoms with Crippen molar-refractivity contribution in [1.82, 2.24) is 0 Å². The van der Waals surface area contributed by atoms with Gasteiger partial charge >= 0.3 is 0 Å². The molecule has 0 atom stereocenters. The number of benzene rings is 1. The average Bonchev–Trinajstić information content (AvgIpc) is 2.68. The molecule has 0 saturated carbocycles. The molecule has 4 heteroatoms. The predicted molar refractivity (Wildman–Crippen MR) is 63.9 cm³/mol. The Morgan fingerprint density at radius 1 is 1.38 bits per heavy atom. The van der Waals surface area contributed by atoms with Gasteiger partial charge in [0.2, 0.25) is 5.78 Å². The van der Waals surface area contributed by atoms with Crippen LogP contribution in [-0.4, -0.2) is 5.78 Å². The van der Waals surface area contributed by atoms with Gasteiger partial charge in [-0.05, 0) is 36.1 Å². The number of rotatable bonds is 2. The van der Waals surface area contributed by atoms with Crippen molar-refractivity contribution in [2.75, 3.05) is 0 Å². The summed E-state index contributed by atoms with van der Waals surface area (Å²) in [5.41, 5.74) is 0.882. The normalized spacial score (nSPS) is 10.4. The Labute approximate surface area is 101 Å². The minimum atomic E-state index is -0.651. The van der Waals surface area contributed by atoms with E-state index in [9.17, 15) is 9.18 Å². The first-order valence-electron chi connectivity index (χ1n) is 4.64. The predicted octanol–water partition coefficient (Wildman–Crippen LogP) is 4.08. The van der Waals surface area contributed by atoms with Gasteiger partial charge in [0.15, 0.2) is 5.82 Å². The van der Waals surface area contributed by atoms with Crippen molar-refractivity contribution in [3.63, 3.8) is 0 Å². The van der Waals surface area contributed by atoms with Crippen LogP contribution in [0.5, 0.6) is 0 Å². The molecule has 1 heterocycles. The van der Waals surface area contributed by atoms with Crippen LogP contribution in [0.4, 0.5) is 4.39 Å². The highest BCUT2D eigenvalue weighted by molar-refractivity contribution is 7.12. The van der Waals surface area contributed by atoms with Gasteiger partial charge in [0, 0.05) is 0 Å². The van der Waals surface area contributed by atoms with Crippen molar-refractivity contribution in [1.29, 1.82) is 0 Å². The maximum atomic E-state index is 13.6. The van der Waals surface area contributed by atoms with Gasteiger partial charge in [0.1, 0.15) is 0 Å². The standard InChI is InChI=1S/C12H8ClFOS/c1-7-5-6-16-12(7)11(15)8-3-2-4-9(13)10(8)14/h2-6H,1H3. The Hall–Kier alpha value is -1.19. The third-order valence-electron chi connectivity index (χ3n) is 2.26. The summed E-state index contributed by atoms with van der Waals surface area (Å²) in [6.07, 6.45) is 0. The molecule has 0 bridgehead atoms. The highest BCUT2D eigenvalue weighted by Gasteiger charge is 2.18. The molecule has 1 aromatic heterocycles. The number of aryl methyl sites for hydroxylation is 1. The number of thiophene rings is 1. The van der Waals surface area contributed by atoms with E-state index in [0.717, 1.165) is 5.56 Å². The Balaban J connectivity index is 2.50. The second kappa shape index (κ2) is 4.36. The van der Waals surface area contributed by atoms with E-state index in [1.165, 1.54) is 23.5 Å². The SMILES string of the molecule is Cc1ccsc1C(=O)c1cccc(Cl)c1F. The van der Waals surface area contributed by atoms with E-state index >= 15 is 0 Å². The molecule has 0 aliphatic rings. The van der Waals surface area contributed by atoms with Crippen molar-refractivity contribution < 1.29 is 9.18 Å². The lowest BCUT2D eigenvalue weighted by atomic mass is 10.1. The van der Waals surface area contributed by atoms with Crippen LogP contribution < -0.4 is 0 Å². The Morgan fingerprint density at radius 3 is 2.75 bits per heavy atom. The molecule has 0 N–H and O–H groups in total. The van der Waals surface area contributed by atoms with Crippen LogP contribution in [0.25, 0.3) is 0 Å². The van der Waals surface area contributed by atoms with Gasteiger partial charge in [-0.3, -0.25) is 4.79 Å². The number of carbonyl (C=O) groups excluding carboxylic acids is 1. The monoisotopic (exact) mass is 254 g/mol. The minimum absolute atomic E-state index is 0.0260. The summed E-state index contributed by atoms with van der Waals surface area (Å²) in [6.45, 7) is 1.83. The smallest absolute Gasteiger partial charge is 0.206 e. The summed E-state index contributed by atoms with van der Waals surface area (Å²) in [5.74, 6) is -0.963. The zero-order chi connectivity index (χ0) is 11.7. The van der Waals surface area contributed by atoms with E-state index in [-0.39, 0.29) is 16.4 Å². The molecule has 82 valence electrons. The van der Waals surface area contributed by atoms with E-state index < -0.39 is 5.82 Å². The van der Waals surface area contributed by atoms with Crippen LogP contribution in [0.1, 0.15) is 20.8 Å². The van der Waals surface area contributed by atoms with Crippen LogP contribution in [-0.2, 0) is 0 Å². The topological polar surface area (TPSA) is 17.1 Å². The second-order valence-electron chi connectivity index (χ2n) is 3.36. The van der Waals surface area contributed by atoms with Gasteiger partial charge in [-0.2, -0.15) is 0 Å². The van der Waals surface area contributed by atoms with Crippen molar-refractivity contribution in [2.45, 2.75) is 6.92 Å². The second-order valence-corrected chi connectivity index (χ2v) is 4.69. The van der Waals surface area contributed by atoms with Gasteiger partial charge in [0.05, 0.1) is 15.5 Å². The molecule has 0 unspecified atom stereocenters. The number of carbonyl (C=O) groups is 1. The highest BCUT2D eigenvalue weighted by atomic mass is 35.5. The molecule has 0 spiro atoms. The summed E-state index contributed by atoms with van der Waals surface area (Å²) in [4.78, 5) is 12.6. The summed E-state index contributed by atoms with van der Waals surface area (Å²) in [7, 11) is 0. The zero-order valence-electron chi connectivity index (χ0n) is 8.46. The Kier molecular flexibility index (Phi) is 3.08. The van der Waals surface area contributed by atoms with Crippen LogP contribution >= 0.6 is 22.9 Å². The molecule has 0 radical (unpaired) electrons.